The molecule has 1 saturated heterocycles. The van der Waals surface area contributed by atoms with Gasteiger partial charge in [-0.15, -0.1) is 0 Å². The van der Waals surface area contributed by atoms with E-state index < -0.39 is 22.4 Å². The molecule has 10 nitrogen and oxygen atoms in total. The molecular formula is C13H12N4O6S. The summed E-state index contributed by atoms with van der Waals surface area (Å²) in [6, 6.07) is 2.57. The summed E-state index contributed by atoms with van der Waals surface area (Å²) in [5, 5.41) is 30.0. The van der Waals surface area contributed by atoms with Crippen molar-refractivity contribution in [1.82, 2.24) is 13.6 Å². The van der Waals surface area contributed by atoms with Crippen molar-refractivity contribution in [1.29, 1.82) is 0 Å². The number of rotatable bonds is 3. The molecule has 24 heavy (non-hydrogen) atoms. The van der Waals surface area contributed by atoms with Crippen LogP contribution in [0.3, 0.4) is 0 Å². The summed E-state index contributed by atoms with van der Waals surface area (Å²) in [6.45, 7) is 0.0889. The van der Waals surface area contributed by atoms with Crippen LogP contribution in [0.1, 0.15) is 23.2 Å². The van der Waals surface area contributed by atoms with E-state index >= 15 is 0 Å². The molecule has 2 heterocycles. The zero-order chi connectivity index (χ0) is 17.5. The molecule has 0 radical (unpaired) electrons. The second-order valence-electron chi connectivity index (χ2n) is 5.51. The number of nitro benzene ring substituents is 1. The lowest BCUT2D eigenvalue weighted by atomic mass is 9.91. The van der Waals surface area contributed by atoms with Crippen LogP contribution in [0, 0.1) is 10.1 Å². The average Bonchev–Trinajstić information content (AvgIpc) is 3.02. The molecule has 0 aliphatic carbocycles. The smallest absolute Gasteiger partial charge is 0.335 e. The normalized spacial score (nSPS) is 17.0. The van der Waals surface area contributed by atoms with E-state index in [1.165, 1.54) is 11.0 Å². The van der Waals surface area contributed by atoms with Gasteiger partial charge in [0.1, 0.15) is 5.52 Å². The average molecular weight is 352 g/mol. The Morgan fingerprint density at radius 1 is 1.29 bits per heavy atom. The third kappa shape index (κ3) is 2.67. The molecule has 1 aliphatic rings. The SMILES string of the molecule is O=C(c1cc([N+](=O)[O-])c2nsnc2c1)N1CCC(O)(C(=O)O)CC1. The van der Waals surface area contributed by atoms with Crippen molar-refractivity contribution in [2.75, 3.05) is 13.1 Å². The van der Waals surface area contributed by atoms with Gasteiger partial charge in [0.25, 0.3) is 11.6 Å². The third-order valence-electron chi connectivity index (χ3n) is 4.06. The predicted molar refractivity (Wildman–Crippen MR) is 81.8 cm³/mol. The van der Waals surface area contributed by atoms with Gasteiger partial charge in [-0.1, -0.05) is 0 Å². The quantitative estimate of drug-likeness (QED) is 0.604. The number of nitrogens with zero attached hydrogens (tertiary/aromatic N) is 4. The molecule has 1 amide bonds. The molecule has 0 unspecified atom stereocenters. The Balaban J connectivity index is 1.87. The number of carbonyl (C=O) groups is 2. The van der Waals surface area contributed by atoms with Crippen LogP contribution in [0.2, 0.25) is 0 Å². The Morgan fingerprint density at radius 3 is 2.54 bits per heavy atom. The highest BCUT2D eigenvalue weighted by Crippen LogP contribution is 2.28. The summed E-state index contributed by atoms with van der Waals surface area (Å²) in [5.41, 5.74) is -1.67. The third-order valence-corrected chi connectivity index (χ3v) is 4.60. The number of aliphatic hydroxyl groups is 1. The van der Waals surface area contributed by atoms with Gasteiger partial charge in [0, 0.05) is 37.6 Å². The molecule has 1 fully saturated rings. The fraction of sp³-hybridized carbons (Fsp3) is 0.385. The molecular weight excluding hydrogens is 340 g/mol. The highest BCUT2D eigenvalue weighted by atomic mass is 32.1. The minimum absolute atomic E-state index is 0.0444. The van der Waals surface area contributed by atoms with Gasteiger partial charge in [0.05, 0.1) is 16.7 Å². The van der Waals surface area contributed by atoms with E-state index in [0.717, 1.165) is 17.8 Å². The number of hydrogen-bond acceptors (Lipinski definition) is 8. The van der Waals surface area contributed by atoms with Crippen LogP contribution in [0.5, 0.6) is 0 Å². The minimum atomic E-state index is -1.84. The lowest BCUT2D eigenvalue weighted by Crippen LogP contribution is -2.50. The molecule has 1 aromatic carbocycles. The van der Waals surface area contributed by atoms with Crippen molar-refractivity contribution in [3.63, 3.8) is 0 Å². The van der Waals surface area contributed by atoms with E-state index in [1.54, 1.807) is 0 Å². The van der Waals surface area contributed by atoms with Crippen LogP contribution < -0.4 is 0 Å². The molecule has 0 spiro atoms. The van der Waals surface area contributed by atoms with E-state index in [-0.39, 0.29) is 48.2 Å². The number of nitro groups is 1. The number of carboxylic acid groups (broad SMARTS) is 1. The van der Waals surface area contributed by atoms with Crippen molar-refractivity contribution in [2.45, 2.75) is 18.4 Å². The predicted octanol–water partition coefficient (Wildman–Crippen LogP) is 0.651. The van der Waals surface area contributed by atoms with Crippen molar-refractivity contribution >= 4 is 40.3 Å². The van der Waals surface area contributed by atoms with Gasteiger partial charge in [-0.2, -0.15) is 8.75 Å². The Bertz CT molecular complexity index is 842. The van der Waals surface area contributed by atoms with Crippen LogP contribution in [0.4, 0.5) is 5.69 Å². The van der Waals surface area contributed by atoms with Crippen molar-refractivity contribution in [2.24, 2.45) is 0 Å². The van der Waals surface area contributed by atoms with E-state index in [0.29, 0.717) is 0 Å². The number of carbonyl (C=O) groups excluding carboxylic acids is 1. The van der Waals surface area contributed by atoms with Crippen LogP contribution in [0.25, 0.3) is 11.0 Å². The zero-order valence-electron chi connectivity index (χ0n) is 12.2. The molecule has 2 N–H and O–H groups in total. The first-order valence-electron chi connectivity index (χ1n) is 6.97. The van der Waals surface area contributed by atoms with E-state index in [2.05, 4.69) is 8.75 Å². The second-order valence-corrected chi connectivity index (χ2v) is 6.04. The maximum Gasteiger partial charge on any atom is 0.335 e. The van der Waals surface area contributed by atoms with Gasteiger partial charge in [-0.25, -0.2) is 4.79 Å². The fourth-order valence-electron chi connectivity index (χ4n) is 2.61. The lowest BCUT2D eigenvalue weighted by molar-refractivity contribution is -0.383. The summed E-state index contributed by atoms with van der Waals surface area (Å²) >= 11 is 0.816. The molecule has 3 rings (SSSR count). The summed E-state index contributed by atoms with van der Waals surface area (Å²) in [5.74, 6) is -1.79. The molecule has 1 aliphatic heterocycles. The zero-order valence-corrected chi connectivity index (χ0v) is 13.0. The number of non-ortho nitro benzene ring substituents is 1. The molecule has 126 valence electrons. The number of hydrogen-bond donors (Lipinski definition) is 2. The van der Waals surface area contributed by atoms with E-state index in [1.807, 2.05) is 0 Å². The number of aromatic nitrogens is 2. The van der Waals surface area contributed by atoms with Gasteiger partial charge < -0.3 is 15.1 Å². The number of aliphatic carboxylic acids is 1. The van der Waals surface area contributed by atoms with Crippen molar-refractivity contribution in [3.05, 3.63) is 27.8 Å². The fourth-order valence-corrected chi connectivity index (χ4v) is 3.15. The van der Waals surface area contributed by atoms with Gasteiger partial charge >= 0.3 is 5.97 Å². The Labute approximate surface area is 138 Å². The summed E-state index contributed by atoms with van der Waals surface area (Å²) in [6.07, 6.45) is -0.201. The highest BCUT2D eigenvalue weighted by molar-refractivity contribution is 7.00. The summed E-state index contributed by atoms with van der Waals surface area (Å²) in [4.78, 5) is 35.4. The van der Waals surface area contributed by atoms with Crippen LogP contribution >= 0.6 is 11.7 Å². The Morgan fingerprint density at radius 2 is 1.96 bits per heavy atom. The molecule has 2 aromatic rings. The number of fused-ring (bicyclic) bond motifs is 1. The molecule has 11 heteroatoms. The molecule has 0 saturated carbocycles. The molecule has 0 atom stereocenters. The van der Waals surface area contributed by atoms with Crippen molar-refractivity contribution in [3.8, 4) is 0 Å². The minimum Gasteiger partial charge on any atom is -0.479 e. The number of likely N-dealkylation sites (tertiary alicyclic amines) is 1. The number of piperidine rings is 1. The first kappa shape index (κ1) is 16.2. The van der Waals surface area contributed by atoms with Gasteiger partial charge in [-0.3, -0.25) is 14.9 Å². The van der Waals surface area contributed by atoms with E-state index in [4.69, 9.17) is 5.11 Å². The molecule has 1 aromatic heterocycles. The summed E-state index contributed by atoms with van der Waals surface area (Å²) in [7, 11) is 0. The van der Waals surface area contributed by atoms with Gasteiger partial charge in [0.15, 0.2) is 11.1 Å². The van der Waals surface area contributed by atoms with Gasteiger partial charge in [-0.05, 0) is 6.07 Å². The molecule has 0 bridgehead atoms. The maximum absolute atomic E-state index is 12.6. The van der Waals surface area contributed by atoms with Crippen LogP contribution in [0.15, 0.2) is 12.1 Å². The monoisotopic (exact) mass is 352 g/mol. The lowest BCUT2D eigenvalue weighted by Gasteiger charge is -2.35. The van der Waals surface area contributed by atoms with Crippen LogP contribution in [-0.2, 0) is 4.79 Å². The number of amides is 1. The Hall–Kier alpha value is -2.66. The van der Waals surface area contributed by atoms with Gasteiger partial charge in [0.2, 0.25) is 0 Å². The highest BCUT2D eigenvalue weighted by Gasteiger charge is 2.40. The largest absolute Gasteiger partial charge is 0.479 e. The first-order chi connectivity index (χ1) is 11.3. The number of carboxylic acids is 1. The number of benzene rings is 1. The van der Waals surface area contributed by atoms with Crippen LogP contribution in [-0.4, -0.2) is 59.4 Å². The maximum atomic E-state index is 12.6. The van der Waals surface area contributed by atoms with Crippen molar-refractivity contribution < 1.29 is 24.7 Å². The Kier molecular flexibility index (Phi) is 3.89. The summed E-state index contributed by atoms with van der Waals surface area (Å²) < 4.78 is 7.79. The van der Waals surface area contributed by atoms with E-state index in [9.17, 15) is 24.8 Å². The topological polar surface area (TPSA) is 147 Å². The first-order valence-corrected chi connectivity index (χ1v) is 7.70. The second kappa shape index (κ2) is 5.76. The standard InChI is InChI=1S/C13H12N4O6S/c18-11(16-3-1-13(21,2-4-16)12(19)20)7-5-8-10(15-24-14-8)9(6-7)17(22)23/h5-6,21H,1-4H2,(H,19,20).